The third-order valence-corrected chi connectivity index (χ3v) is 2.55. The molecule has 0 fully saturated rings. The van der Waals surface area contributed by atoms with Crippen molar-refractivity contribution in [1.29, 1.82) is 10.5 Å². The summed E-state index contributed by atoms with van der Waals surface area (Å²) in [5.41, 5.74) is 2.15. The number of fused-ring (bicyclic) bond motifs is 3. The van der Waals surface area contributed by atoms with Gasteiger partial charge in [-0.1, -0.05) is 0 Å². The van der Waals surface area contributed by atoms with Gasteiger partial charge in [-0.2, -0.15) is 10.5 Å². The molecule has 0 unspecified atom stereocenters. The molecule has 2 aromatic rings. The summed E-state index contributed by atoms with van der Waals surface area (Å²) in [6.45, 7) is 0. The Bertz CT molecular complexity index is 631. The van der Waals surface area contributed by atoms with E-state index in [1.807, 2.05) is 12.1 Å². The molecule has 0 radical (unpaired) electrons. The Balaban J connectivity index is 2.45. The van der Waals surface area contributed by atoms with Crippen molar-refractivity contribution in [1.82, 2.24) is 0 Å². The third-order valence-electron chi connectivity index (χ3n) is 2.55. The van der Waals surface area contributed by atoms with Crippen molar-refractivity contribution in [2.24, 2.45) is 0 Å². The standard InChI is InChI=1S/C12H4N2O2/c13-5-7(6-14)10-8-1-3-15-11(8)12-9(10)2-4-16-12/h1-4H. The van der Waals surface area contributed by atoms with Crippen LogP contribution in [-0.4, -0.2) is 0 Å². The molecular weight excluding hydrogens is 204 g/mol. The molecule has 2 heterocycles. The molecule has 0 aromatic carbocycles. The van der Waals surface area contributed by atoms with Gasteiger partial charge in [0.05, 0.1) is 12.5 Å². The first kappa shape index (κ1) is 8.58. The minimum Gasteiger partial charge on any atom is -0.460 e. The van der Waals surface area contributed by atoms with Crippen LogP contribution >= 0.6 is 0 Å². The SMILES string of the molecule is N#CC(C#N)=C1c2ccoc2-c2occc21. The van der Waals surface area contributed by atoms with E-state index in [0.717, 1.165) is 11.1 Å². The van der Waals surface area contributed by atoms with Crippen LogP contribution in [0.5, 0.6) is 0 Å². The van der Waals surface area contributed by atoms with Gasteiger partial charge >= 0.3 is 0 Å². The summed E-state index contributed by atoms with van der Waals surface area (Å²) >= 11 is 0. The van der Waals surface area contributed by atoms with Gasteiger partial charge in [-0.25, -0.2) is 0 Å². The van der Waals surface area contributed by atoms with Crippen LogP contribution in [0.25, 0.3) is 17.1 Å². The molecule has 0 saturated heterocycles. The Labute approximate surface area is 90.6 Å². The Hall–Kier alpha value is -2.72. The molecule has 0 saturated carbocycles. The van der Waals surface area contributed by atoms with E-state index in [9.17, 15) is 0 Å². The number of allylic oxidation sites excluding steroid dienone is 1. The van der Waals surface area contributed by atoms with E-state index in [1.54, 1.807) is 12.1 Å². The molecule has 74 valence electrons. The first-order valence-electron chi connectivity index (χ1n) is 4.57. The van der Waals surface area contributed by atoms with E-state index in [4.69, 9.17) is 19.4 Å². The number of nitrogens with zero attached hydrogens (tertiary/aromatic N) is 2. The number of rotatable bonds is 0. The summed E-state index contributed by atoms with van der Waals surface area (Å²) in [5.74, 6) is 1.16. The highest BCUT2D eigenvalue weighted by molar-refractivity contribution is 6.00. The van der Waals surface area contributed by atoms with E-state index in [0.29, 0.717) is 17.1 Å². The summed E-state index contributed by atoms with van der Waals surface area (Å²) < 4.78 is 10.6. The van der Waals surface area contributed by atoms with Gasteiger partial charge < -0.3 is 8.83 Å². The quantitative estimate of drug-likeness (QED) is 0.532. The van der Waals surface area contributed by atoms with E-state index in [2.05, 4.69) is 0 Å². The second-order valence-corrected chi connectivity index (χ2v) is 3.30. The highest BCUT2D eigenvalue weighted by Gasteiger charge is 2.31. The molecule has 0 N–H and O–H groups in total. The van der Waals surface area contributed by atoms with Crippen molar-refractivity contribution in [3.63, 3.8) is 0 Å². The summed E-state index contributed by atoms with van der Waals surface area (Å²) in [5, 5.41) is 17.8. The first-order chi connectivity index (χ1) is 7.86. The predicted molar refractivity (Wildman–Crippen MR) is 53.7 cm³/mol. The lowest BCUT2D eigenvalue weighted by Crippen LogP contribution is -1.84. The lowest BCUT2D eigenvalue weighted by Gasteiger charge is -1.95. The smallest absolute Gasteiger partial charge is 0.177 e. The fourth-order valence-electron chi connectivity index (χ4n) is 1.92. The van der Waals surface area contributed by atoms with Crippen molar-refractivity contribution in [3.05, 3.63) is 41.4 Å². The van der Waals surface area contributed by atoms with Gasteiger partial charge in [-0.05, 0) is 12.1 Å². The zero-order chi connectivity index (χ0) is 11.1. The van der Waals surface area contributed by atoms with Crippen LogP contribution in [-0.2, 0) is 0 Å². The van der Waals surface area contributed by atoms with Crippen molar-refractivity contribution in [2.45, 2.75) is 0 Å². The maximum absolute atomic E-state index is 8.92. The van der Waals surface area contributed by atoms with Crippen molar-refractivity contribution in [2.75, 3.05) is 0 Å². The number of furan rings is 2. The molecule has 0 spiro atoms. The minimum absolute atomic E-state index is 0.0720. The third kappa shape index (κ3) is 0.858. The average molecular weight is 208 g/mol. The zero-order valence-corrected chi connectivity index (χ0v) is 8.02. The number of hydrogen-bond donors (Lipinski definition) is 0. The largest absolute Gasteiger partial charge is 0.460 e. The van der Waals surface area contributed by atoms with Crippen LogP contribution in [0.2, 0.25) is 0 Å². The normalized spacial score (nSPS) is 11.5. The molecule has 0 aliphatic heterocycles. The summed E-state index contributed by atoms with van der Waals surface area (Å²) in [4.78, 5) is 0. The van der Waals surface area contributed by atoms with Crippen LogP contribution < -0.4 is 0 Å². The molecule has 0 amide bonds. The van der Waals surface area contributed by atoms with Gasteiger partial charge in [0.2, 0.25) is 0 Å². The Morgan fingerprint density at radius 2 is 1.44 bits per heavy atom. The van der Waals surface area contributed by atoms with E-state index in [1.165, 1.54) is 12.5 Å². The Morgan fingerprint density at radius 1 is 0.938 bits per heavy atom. The second-order valence-electron chi connectivity index (χ2n) is 3.30. The van der Waals surface area contributed by atoms with Gasteiger partial charge in [0.1, 0.15) is 17.7 Å². The molecule has 0 atom stereocenters. The van der Waals surface area contributed by atoms with Crippen LogP contribution in [0.3, 0.4) is 0 Å². The molecule has 4 heteroatoms. The van der Waals surface area contributed by atoms with E-state index in [-0.39, 0.29) is 5.57 Å². The summed E-state index contributed by atoms with van der Waals surface area (Å²) in [6, 6.07) is 7.24. The first-order valence-corrected chi connectivity index (χ1v) is 4.57. The van der Waals surface area contributed by atoms with Gasteiger partial charge in [-0.3, -0.25) is 0 Å². The fourth-order valence-corrected chi connectivity index (χ4v) is 1.92. The van der Waals surface area contributed by atoms with Crippen LogP contribution in [0.15, 0.2) is 39.1 Å². The van der Waals surface area contributed by atoms with Gasteiger partial charge in [0, 0.05) is 16.7 Å². The molecule has 3 rings (SSSR count). The molecule has 4 nitrogen and oxygen atoms in total. The highest BCUT2D eigenvalue weighted by atomic mass is 16.4. The van der Waals surface area contributed by atoms with E-state index < -0.39 is 0 Å². The molecule has 1 aliphatic carbocycles. The molecule has 0 bridgehead atoms. The monoisotopic (exact) mass is 208 g/mol. The van der Waals surface area contributed by atoms with Gasteiger partial charge in [0.15, 0.2) is 11.5 Å². The van der Waals surface area contributed by atoms with Crippen molar-refractivity contribution >= 4 is 5.57 Å². The molecule has 16 heavy (non-hydrogen) atoms. The van der Waals surface area contributed by atoms with Crippen molar-refractivity contribution < 1.29 is 8.83 Å². The van der Waals surface area contributed by atoms with Gasteiger partial charge in [-0.15, -0.1) is 0 Å². The minimum atomic E-state index is 0.0720. The number of hydrogen-bond acceptors (Lipinski definition) is 4. The maximum Gasteiger partial charge on any atom is 0.177 e. The average Bonchev–Trinajstić information content (AvgIpc) is 2.95. The lowest BCUT2D eigenvalue weighted by molar-refractivity contribution is 0.525. The van der Waals surface area contributed by atoms with Crippen molar-refractivity contribution in [3.8, 4) is 23.7 Å². The van der Waals surface area contributed by atoms with Crippen LogP contribution in [0, 0.1) is 22.7 Å². The lowest BCUT2D eigenvalue weighted by atomic mass is 10.0. The van der Waals surface area contributed by atoms with Gasteiger partial charge in [0.25, 0.3) is 0 Å². The molecule has 2 aromatic heterocycles. The highest BCUT2D eigenvalue weighted by Crippen LogP contribution is 2.46. The Kier molecular flexibility index (Phi) is 1.55. The molecular formula is C12H4N2O2. The molecule has 1 aliphatic rings. The number of nitriles is 2. The van der Waals surface area contributed by atoms with E-state index >= 15 is 0 Å². The maximum atomic E-state index is 8.92. The topological polar surface area (TPSA) is 73.9 Å². The van der Waals surface area contributed by atoms with Crippen LogP contribution in [0.4, 0.5) is 0 Å². The van der Waals surface area contributed by atoms with Crippen LogP contribution in [0.1, 0.15) is 11.1 Å². The second kappa shape index (κ2) is 2.88. The predicted octanol–water partition coefficient (Wildman–Crippen LogP) is 2.70. The Morgan fingerprint density at radius 3 is 1.88 bits per heavy atom. The zero-order valence-electron chi connectivity index (χ0n) is 8.02. The fraction of sp³-hybridized carbons (Fsp3) is 0. The summed E-state index contributed by atoms with van der Waals surface area (Å²) in [7, 11) is 0. The summed E-state index contributed by atoms with van der Waals surface area (Å²) in [6.07, 6.45) is 3.03.